The second kappa shape index (κ2) is 10.1. The first-order chi connectivity index (χ1) is 12.2. The summed E-state index contributed by atoms with van der Waals surface area (Å²) in [7, 11) is 3.79. The lowest BCUT2D eigenvalue weighted by Gasteiger charge is -2.20. The van der Waals surface area contributed by atoms with E-state index in [9.17, 15) is 5.11 Å². The van der Waals surface area contributed by atoms with Gasteiger partial charge in [-0.2, -0.15) is 10.2 Å². The molecule has 0 saturated heterocycles. The highest BCUT2D eigenvalue weighted by atomic mass is 127. The highest BCUT2D eigenvalue weighted by Crippen LogP contribution is 2.19. The molecule has 0 aliphatic carbocycles. The number of hydrogen-bond acceptors (Lipinski definition) is 4. The van der Waals surface area contributed by atoms with Gasteiger partial charge >= 0.3 is 0 Å². The molecule has 0 radical (unpaired) electrons. The molecule has 2 aromatic rings. The van der Waals surface area contributed by atoms with E-state index >= 15 is 0 Å². The maximum atomic E-state index is 10.7. The molecular weight excluding hydrogens is 457 g/mol. The topological polar surface area (TPSA) is 92.3 Å². The molecule has 2 aromatic heterocycles. The first-order valence-corrected chi connectivity index (χ1v) is 8.97. The molecular formula is C18H32IN7O. The number of nitrogens with zero attached hydrogens (tertiary/aromatic N) is 5. The minimum absolute atomic E-state index is 0. The van der Waals surface area contributed by atoms with Gasteiger partial charge < -0.3 is 15.7 Å². The van der Waals surface area contributed by atoms with Crippen molar-refractivity contribution in [2.24, 2.45) is 19.1 Å². The maximum Gasteiger partial charge on any atom is 0.191 e. The van der Waals surface area contributed by atoms with E-state index < -0.39 is 5.60 Å². The van der Waals surface area contributed by atoms with Crippen LogP contribution in [0.25, 0.3) is 0 Å². The molecule has 27 heavy (non-hydrogen) atoms. The third kappa shape index (κ3) is 6.20. The molecule has 0 aromatic carbocycles. The third-order valence-electron chi connectivity index (χ3n) is 4.54. The highest BCUT2D eigenvalue weighted by Gasteiger charge is 2.24. The average Bonchev–Trinajstić information content (AvgIpc) is 3.11. The normalized spacial score (nSPS) is 13.8. The molecule has 152 valence electrons. The van der Waals surface area contributed by atoms with Gasteiger partial charge in [0.1, 0.15) is 5.60 Å². The summed E-state index contributed by atoms with van der Waals surface area (Å²) in [6.45, 7) is 9.64. The lowest BCUT2D eigenvalue weighted by Crippen LogP contribution is -2.39. The van der Waals surface area contributed by atoms with Crippen LogP contribution in [0.4, 0.5) is 0 Å². The molecule has 0 amide bonds. The molecule has 2 rings (SSSR count). The van der Waals surface area contributed by atoms with E-state index in [0.717, 1.165) is 30.8 Å². The van der Waals surface area contributed by atoms with Crippen molar-refractivity contribution in [1.82, 2.24) is 30.2 Å². The standard InChI is InChI=1S/C18H31N7O.HI/c1-7-19-17(20-9-8-16-13(2)23-25(6)14(16)3)21-12-18(4,26)15-10-22-24(5)11-15;/h10-11,26H,7-9,12H2,1-6H3,(H2,19,20,21);1H. The first kappa shape index (κ1) is 23.4. The molecule has 2 heterocycles. The van der Waals surface area contributed by atoms with E-state index in [0.29, 0.717) is 5.96 Å². The third-order valence-corrected chi connectivity index (χ3v) is 4.54. The van der Waals surface area contributed by atoms with Crippen molar-refractivity contribution in [2.45, 2.75) is 39.7 Å². The summed E-state index contributed by atoms with van der Waals surface area (Å²) < 4.78 is 3.59. The van der Waals surface area contributed by atoms with Crippen molar-refractivity contribution < 1.29 is 5.11 Å². The predicted octanol–water partition coefficient (Wildman–Crippen LogP) is 1.39. The molecule has 1 unspecified atom stereocenters. The van der Waals surface area contributed by atoms with Crippen molar-refractivity contribution in [2.75, 3.05) is 19.6 Å². The van der Waals surface area contributed by atoms with Gasteiger partial charge in [0.25, 0.3) is 0 Å². The zero-order valence-electron chi connectivity index (χ0n) is 17.1. The summed E-state index contributed by atoms with van der Waals surface area (Å²) in [5.74, 6) is 0.691. The van der Waals surface area contributed by atoms with E-state index in [4.69, 9.17) is 0 Å². The molecule has 0 aliphatic heterocycles. The number of nitrogens with one attached hydrogen (secondary N) is 2. The van der Waals surface area contributed by atoms with E-state index in [1.165, 1.54) is 11.3 Å². The largest absolute Gasteiger partial charge is 0.383 e. The second-order valence-electron chi connectivity index (χ2n) is 6.82. The van der Waals surface area contributed by atoms with Crippen molar-refractivity contribution in [3.05, 3.63) is 34.9 Å². The van der Waals surface area contributed by atoms with Crippen LogP contribution in [0.15, 0.2) is 17.4 Å². The van der Waals surface area contributed by atoms with Crippen LogP contribution in [-0.4, -0.2) is 50.3 Å². The van der Waals surface area contributed by atoms with Gasteiger partial charge in [-0.25, -0.2) is 4.99 Å². The Kier molecular flexibility index (Phi) is 8.73. The average molecular weight is 489 g/mol. The fraction of sp³-hybridized carbons (Fsp3) is 0.611. The summed E-state index contributed by atoms with van der Waals surface area (Å²) in [6, 6.07) is 0. The van der Waals surface area contributed by atoms with Crippen LogP contribution in [0.2, 0.25) is 0 Å². The van der Waals surface area contributed by atoms with Crippen LogP contribution in [0, 0.1) is 13.8 Å². The Bertz CT molecular complexity index is 764. The molecule has 8 nitrogen and oxygen atoms in total. The Morgan fingerprint density at radius 1 is 1.30 bits per heavy atom. The second-order valence-corrected chi connectivity index (χ2v) is 6.82. The zero-order chi connectivity index (χ0) is 19.3. The molecule has 0 fully saturated rings. The quantitative estimate of drug-likeness (QED) is 0.311. The van der Waals surface area contributed by atoms with Crippen LogP contribution in [0.1, 0.15) is 36.4 Å². The van der Waals surface area contributed by atoms with Gasteiger partial charge in [-0.1, -0.05) is 0 Å². The molecule has 9 heteroatoms. The van der Waals surface area contributed by atoms with Gasteiger partial charge in [-0.05, 0) is 39.7 Å². The van der Waals surface area contributed by atoms with Crippen LogP contribution in [-0.2, 0) is 26.1 Å². The Morgan fingerprint density at radius 3 is 2.52 bits per heavy atom. The Labute approximate surface area is 178 Å². The molecule has 1 atom stereocenters. The lowest BCUT2D eigenvalue weighted by atomic mass is 10.0. The van der Waals surface area contributed by atoms with Gasteiger partial charge in [0.15, 0.2) is 5.96 Å². The number of aliphatic hydroxyl groups is 1. The number of rotatable bonds is 7. The number of aliphatic imine (C=N–C) groups is 1. The molecule has 3 N–H and O–H groups in total. The summed E-state index contributed by atoms with van der Waals surface area (Å²) in [5, 5.41) is 25.8. The van der Waals surface area contributed by atoms with E-state index in [2.05, 4.69) is 32.7 Å². The highest BCUT2D eigenvalue weighted by molar-refractivity contribution is 14.0. The number of guanidine groups is 1. The Hall–Kier alpha value is -1.62. The maximum absolute atomic E-state index is 10.7. The van der Waals surface area contributed by atoms with Gasteiger partial charge in [-0.15, -0.1) is 24.0 Å². The minimum Gasteiger partial charge on any atom is -0.383 e. The van der Waals surface area contributed by atoms with E-state index in [1.54, 1.807) is 17.8 Å². The number of aryl methyl sites for hydroxylation is 3. The summed E-state index contributed by atoms with van der Waals surface area (Å²) in [4.78, 5) is 4.54. The Morgan fingerprint density at radius 2 is 2.00 bits per heavy atom. The fourth-order valence-electron chi connectivity index (χ4n) is 2.85. The van der Waals surface area contributed by atoms with Crippen molar-refractivity contribution >= 4 is 29.9 Å². The van der Waals surface area contributed by atoms with Crippen molar-refractivity contribution in [3.63, 3.8) is 0 Å². The monoisotopic (exact) mass is 489 g/mol. The molecule has 0 aliphatic rings. The van der Waals surface area contributed by atoms with Gasteiger partial charge in [0, 0.05) is 44.6 Å². The number of halogens is 1. The summed E-state index contributed by atoms with van der Waals surface area (Å²) in [5.41, 5.74) is 3.20. The van der Waals surface area contributed by atoms with Crippen LogP contribution < -0.4 is 10.6 Å². The fourth-order valence-corrected chi connectivity index (χ4v) is 2.85. The number of aromatic nitrogens is 4. The SMILES string of the molecule is CCNC(=NCC(C)(O)c1cnn(C)c1)NCCc1c(C)nn(C)c1C.I. The van der Waals surface area contributed by atoms with Gasteiger partial charge in [0.05, 0.1) is 18.4 Å². The van der Waals surface area contributed by atoms with Crippen molar-refractivity contribution in [3.8, 4) is 0 Å². The van der Waals surface area contributed by atoms with E-state index in [1.807, 2.05) is 38.8 Å². The smallest absolute Gasteiger partial charge is 0.191 e. The Balaban J connectivity index is 0.00000364. The van der Waals surface area contributed by atoms with E-state index in [-0.39, 0.29) is 30.5 Å². The molecule has 0 spiro atoms. The lowest BCUT2D eigenvalue weighted by molar-refractivity contribution is 0.0672. The molecule has 0 bridgehead atoms. The van der Waals surface area contributed by atoms with Crippen LogP contribution in [0.5, 0.6) is 0 Å². The predicted molar refractivity (Wildman–Crippen MR) is 119 cm³/mol. The van der Waals surface area contributed by atoms with Gasteiger partial charge in [0.2, 0.25) is 0 Å². The van der Waals surface area contributed by atoms with Crippen molar-refractivity contribution in [1.29, 1.82) is 0 Å². The zero-order valence-corrected chi connectivity index (χ0v) is 19.4. The van der Waals surface area contributed by atoms with Crippen LogP contribution in [0.3, 0.4) is 0 Å². The van der Waals surface area contributed by atoms with Gasteiger partial charge in [-0.3, -0.25) is 9.36 Å². The summed E-state index contributed by atoms with van der Waals surface area (Å²) in [6.07, 6.45) is 4.35. The minimum atomic E-state index is -1.06. The molecule has 0 saturated carbocycles. The summed E-state index contributed by atoms with van der Waals surface area (Å²) >= 11 is 0. The van der Waals surface area contributed by atoms with Crippen LogP contribution >= 0.6 is 24.0 Å². The number of hydrogen-bond donors (Lipinski definition) is 3. The first-order valence-electron chi connectivity index (χ1n) is 8.97.